The fourth-order valence-electron chi connectivity index (χ4n) is 2.71. The molecule has 1 rings (SSSR count). The van der Waals surface area contributed by atoms with Crippen molar-refractivity contribution < 1.29 is 9.90 Å². The van der Waals surface area contributed by atoms with E-state index in [1.807, 2.05) is 0 Å². The molecule has 3 nitrogen and oxygen atoms in total. The Labute approximate surface area is 98.4 Å². The molecule has 0 saturated heterocycles. The summed E-state index contributed by atoms with van der Waals surface area (Å²) in [4.78, 5) is 10.7. The first-order valence-electron chi connectivity index (χ1n) is 6.61. The van der Waals surface area contributed by atoms with Crippen LogP contribution in [-0.4, -0.2) is 17.1 Å². The Hall–Kier alpha value is -0.570. The molecule has 0 aliphatic heterocycles. The van der Waals surface area contributed by atoms with E-state index in [2.05, 4.69) is 6.92 Å². The third-order valence-electron chi connectivity index (χ3n) is 3.84. The number of carbonyl (C=O) groups is 1. The van der Waals surface area contributed by atoms with E-state index in [0.717, 1.165) is 5.92 Å². The van der Waals surface area contributed by atoms with Crippen molar-refractivity contribution in [2.75, 3.05) is 0 Å². The lowest BCUT2D eigenvalue weighted by atomic mass is 9.77. The Bertz CT molecular complexity index is 210. The molecule has 16 heavy (non-hydrogen) atoms. The van der Waals surface area contributed by atoms with Crippen molar-refractivity contribution in [3.63, 3.8) is 0 Å². The number of carboxylic acid groups (broad SMARTS) is 1. The lowest BCUT2D eigenvalue weighted by molar-refractivity contribution is -0.139. The quantitative estimate of drug-likeness (QED) is 0.733. The van der Waals surface area contributed by atoms with E-state index in [-0.39, 0.29) is 0 Å². The first kappa shape index (κ1) is 13.5. The second-order valence-corrected chi connectivity index (χ2v) is 5.21. The summed E-state index contributed by atoms with van der Waals surface area (Å²) in [6.07, 6.45) is 9.54. The van der Waals surface area contributed by atoms with Crippen molar-refractivity contribution in [3.8, 4) is 0 Å². The van der Waals surface area contributed by atoms with Gasteiger partial charge in [-0.25, -0.2) is 0 Å². The largest absolute Gasteiger partial charge is 0.480 e. The first-order valence-corrected chi connectivity index (χ1v) is 6.61. The van der Waals surface area contributed by atoms with E-state index >= 15 is 0 Å². The molecular formula is C13H25NO2. The van der Waals surface area contributed by atoms with Crippen LogP contribution in [0, 0.1) is 11.8 Å². The van der Waals surface area contributed by atoms with Crippen molar-refractivity contribution in [1.82, 2.24) is 0 Å². The van der Waals surface area contributed by atoms with Gasteiger partial charge in [-0.15, -0.1) is 0 Å². The van der Waals surface area contributed by atoms with E-state index in [9.17, 15) is 4.79 Å². The summed E-state index contributed by atoms with van der Waals surface area (Å²) in [7, 11) is 0. The van der Waals surface area contributed by atoms with Crippen molar-refractivity contribution in [3.05, 3.63) is 0 Å². The minimum Gasteiger partial charge on any atom is -0.480 e. The van der Waals surface area contributed by atoms with Gasteiger partial charge in [0.15, 0.2) is 0 Å². The maximum absolute atomic E-state index is 10.7. The van der Waals surface area contributed by atoms with Crippen LogP contribution in [0.2, 0.25) is 0 Å². The zero-order valence-corrected chi connectivity index (χ0v) is 10.3. The zero-order chi connectivity index (χ0) is 12.0. The number of aliphatic carboxylic acids is 1. The van der Waals surface area contributed by atoms with Crippen LogP contribution in [0.1, 0.15) is 58.3 Å². The monoisotopic (exact) mass is 227 g/mol. The number of nitrogens with two attached hydrogens (primary N) is 1. The van der Waals surface area contributed by atoms with Crippen LogP contribution in [0.3, 0.4) is 0 Å². The third-order valence-corrected chi connectivity index (χ3v) is 3.84. The summed E-state index contributed by atoms with van der Waals surface area (Å²) in [6, 6.07) is -0.655. The van der Waals surface area contributed by atoms with Gasteiger partial charge in [0.05, 0.1) is 0 Å². The molecule has 0 aromatic carbocycles. The maximum Gasteiger partial charge on any atom is 0.320 e. The highest BCUT2D eigenvalue weighted by Crippen LogP contribution is 2.33. The molecule has 1 aliphatic carbocycles. The molecule has 1 saturated carbocycles. The number of rotatable bonds is 6. The van der Waals surface area contributed by atoms with Crippen LogP contribution in [0.25, 0.3) is 0 Å². The van der Waals surface area contributed by atoms with E-state index in [1.54, 1.807) is 0 Å². The molecule has 3 heteroatoms. The van der Waals surface area contributed by atoms with Crippen LogP contribution in [0.4, 0.5) is 0 Å². The predicted molar refractivity (Wildman–Crippen MR) is 65.2 cm³/mol. The standard InChI is InChI=1S/C13H25NO2/c1-2-3-4-10-5-7-11(8-6-10)9-12(14)13(15)16/h10-12H,2-9,14H2,1H3,(H,15,16)/t10?,11?,12-/m1/s1. The van der Waals surface area contributed by atoms with Gasteiger partial charge in [-0.05, 0) is 18.3 Å². The van der Waals surface area contributed by atoms with Crippen LogP contribution >= 0.6 is 0 Å². The highest BCUT2D eigenvalue weighted by molar-refractivity contribution is 5.73. The summed E-state index contributed by atoms with van der Waals surface area (Å²) in [5.74, 6) is 0.578. The van der Waals surface area contributed by atoms with Gasteiger partial charge in [-0.1, -0.05) is 51.9 Å². The van der Waals surface area contributed by atoms with Gasteiger partial charge in [0.25, 0.3) is 0 Å². The van der Waals surface area contributed by atoms with Gasteiger partial charge in [0, 0.05) is 0 Å². The van der Waals surface area contributed by atoms with Gasteiger partial charge in [-0.2, -0.15) is 0 Å². The van der Waals surface area contributed by atoms with E-state index < -0.39 is 12.0 Å². The van der Waals surface area contributed by atoms with Gasteiger partial charge < -0.3 is 10.8 Å². The Balaban J connectivity index is 2.19. The maximum atomic E-state index is 10.7. The molecule has 0 aromatic rings. The number of carboxylic acids is 1. The summed E-state index contributed by atoms with van der Waals surface area (Å²) in [5, 5.41) is 8.76. The minimum atomic E-state index is -0.854. The van der Waals surface area contributed by atoms with Crippen molar-refractivity contribution in [1.29, 1.82) is 0 Å². The van der Waals surface area contributed by atoms with E-state index in [0.29, 0.717) is 12.3 Å². The van der Waals surface area contributed by atoms with E-state index in [4.69, 9.17) is 10.8 Å². The van der Waals surface area contributed by atoms with Crippen LogP contribution < -0.4 is 5.73 Å². The molecule has 0 bridgehead atoms. The molecule has 0 aromatic heterocycles. The Kier molecular flexibility index (Phi) is 5.81. The van der Waals surface area contributed by atoms with Gasteiger partial charge in [0.1, 0.15) is 6.04 Å². The lowest BCUT2D eigenvalue weighted by Gasteiger charge is -2.29. The van der Waals surface area contributed by atoms with Crippen LogP contribution in [0.5, 0.6) is 0 Å². The second kappa shape index (κ2) is 6.89. The predicted octanol–water partition coefficient (Wildman–Crippen LogP) is 2.79. The molecule has 1 atom stereocenters. The first-order chi connectivity index (χ1) is 7.63. The zero-order valence-electron chi connectivity index (χ0n) is 10.3. The number of unbranched alkanes of at least 4 members (excludes halogenated alkanes) is 1. The fourth-order valence-corrected chi connectivity index (χ4v) is 2.71. The van der Waals surface area contributed by atoms with Gasteiger partial charge in [-0.3, -0.25) is 4.79 Å². The normalized spacial score (nSPS) is 27.6. The van der Waals surface area contributed by atoms with Crippen LogP contribution in [0.15, 0.2) is 0 Å². The average molecular weight is 227 g/mol. The van der Waals surface area contributed by atoms with Gasteiger partial charge >= 0.3 is 5.97 Å². The summed E-state index contributed by atoms with van der Waals surface area (Å²) in [5.41, 5.74) is 5.56. The molecule has 0 radical (unpaired) electrons. The highest BCUT2D eigenvalue weighted by atomic mass is 16.4. The Morgan fingerprint density at radius 2 is 1.88 bits per heavy atom. The van der Waals surface area contributed by atoms with E-state index in [1.165, 1.54) is 44.9 Å². The van der Waals surface area contributed by atoms with Crippen molar-refractivity contribution in [2.45, 2.75) is 64.3 Å². The van der Waals surface area contributed by atoms with Gasteiger partial charge in [0.2, 0.25) is 0 Å². The van der Waals surface area contributed by atoms with Crippen molar-refractivity contribution in [2.24, 2.45) is 17.6 Å². The second-order valence-electron chi connectivity index (χ2n) is 5.21. The summed E-state index contributed by atoms with van der Waals surface area (Å²) >= 11 is 0. The molecule has 1 aliphatic rings. The molecule has 0 spiro atoms. The minimum absolute atomic E-state index is 0.545. The number of hydrogen-bond donors (Lipinski definition) is 2. The molecule has 94 valence electrons. The Morgan fingerprint density at radius 3 is 2.38 bits per heavy atom. The van der Waals surface area contributed by atoms with Crippen molar-refractivity contribution >= 4 is 5.97 Å². The summed E-state index contributed by atoms with van der Waals surface area (Å²) in [6.45, 7) is 2.23. The third kappa shape index (κ3) is 4.52. The highest BCUT2D eigenvalue weighted by Gasteiger charge is 2.24. The lowest BCUT2D eigenvalue weighted by Crippen LogP contribution is -2.33. The SMILES string of the molecule is CCCCC1CCC(C[C@@H](N)C(=O)O)CC1. The number of hydrogen-bond acceptors (Lipinski definition) is 2. The molecule has 1 fully saturated rings. The molecule has 3 N–H and O–H groups in total. The molecule has 0 amide bonds. The summed E-state index contributed by atoms with van der Waals surface area (Å²) < 4.78 is 0. The Morgan fingerprint density at radius 1 is 1.31 bits per heavy atom. The fraction of sp³-hybridized carbons (Fsp3) is 0.923. The molecule has 0 unspecified atom stereocenters. The average Bonchev–Trinajstić information content (AvgIpc) is 2.28. The topological polar surface area (TPSA) is 63.3 Å². The molecular weight excluding hydrogens is 202 g/mol. The molecule has 0 heterocycles. The smallest absolute Gasteiger partial charge is 0.320 e. The van der Waals surface area contributed by atoms with Crippen LogP contribution in [-0.2, 0) is 4.79 Å².